The summed E-state index contributed by atoms with van der Waals surface area (Å²) in [5.74, 6) is 0.966. The van der Waals surface area contributed by atoms with Crippen molar-refractivity contribution in [3.63, 3.8) is 0 Å². The highest BCUT2D eigenvalue weighted by Gasteiger charge is 2.20. The number of rotatable bonds is 7. The third-order valence-electron chi connectivity index (χ3n) is 3.79. The van der Waals surface area contributed by atoms with Gasteiger partial charge in [0.2, 0.25) is 5.91 Å². The lowest BCUT2D eigenvalue weighted by atomic mass is 9.99. The van der Waals surface area contributed by atoms with E-state index in [0.717, 1.165) is 50.3 Å². The third kappa shape index (κ3) is 5.66. The first-order chi connectivity index (χ1) is 10.6. The summed E-state index contributed by atoms with van der Waals surface area (Å²) < 4.78 is 5.73. The van der Waals surface area contributed by atoms with Gasteiger partial charge in [0.25, 0.3) is 0 Å². The molecule has 1 aliphatic rings. The number of carbonyl (C=O) groups excluding carboxylic acids is 1. The van der Waals surface area contributed by atoms with Crippen molar-refractivity contribution < 1.29 is 9.53 Å². The molecule has 0 aromatic heterocycles. The van der Waals surface area contributed by atoms with E-state index < -0.39 is 0 Å². The fraction of sp³-hybridized carbons (Fsp3) is 0.588. The molecule has 122 valence electrons. The van der Waals surface area contributed by atoms with Crippen LogP contribution < -0.4 is 15.4 Å². The molecular formula is C17H27N3O2. The molecule has 0 spiro atoms. The van der Waals surface area contributed by atoms with Gasteiger partial charge in [-0.3, -0.25) is 4.79 Å². The van der Waals surface area contributed by atoms with Crippen molar-refractivity contribution in [2.45, 2.75) is 19.3 Å². The van der Waals surface area contributed by atoms with E-state index in [0.29, 0.717) is 6.61 Å². The molecule has 1 unspecified atom stereocenters. The Morgan fingerprint density at radius 1 is 1.45 bits per heavy atom. The molecular weight excluding hydrogens is 278 g/mol. The fourth-order valence-electron chi connectivity index (χ4n) is 2.55. The van der Waals surface area contributed by atoms with Crippen molar-refractivity contribution in [3.05, 3.63) is 24.3 Å². The lowest BCUT2D eigenvalue weighted by Crippen LogP contribution is -2.37. The molecule has 0 radical (unpaired) electrons. The predicted molar refractivity (Wildman–Crippen MR) is 89.3 cm³/mol. The summed E-state index contributed by atoms with van der Waals surface area (Å²) in [5, 5.41) is 6.26. The average Bonchev–Trinajstić information content (AvgIpc) is 2.52. The van der Waals surface area contributed by atoms with Gasteiger partial charge in [0.05, 0.1) is 12.5 Å². The van der Waals surface area contributed by atoms with E-state index in [9.17, 15) is 4.79 Å². The normalized spacial score (nSPS) is 18.2. The number of benzene rings is 1. The zero-order valence-corrected chi connectivity index (χ0v) is 13.6. The van der Waals surface area contributed by atoms with Crippen LogP contribution in [0.2, 0.25) is 0 Å². The van der Waals surface area contributed by atoms with Crippen LogP contribution in [0, 0.1) is 5.92 Å². The van der Waals surface area contributed by atoms with Gasteiger partial charge in [-0.05, 0) is 52.0 Å². The smallest absolute Gasteiger partial charge is 0.228 e. The van der Waals surface area contributed by atoms with Crippen molar-refractivity contribution in [2.75, 3.05) is 45.7 Å². The van der Waals surface area contributed by atoms with Crippen molar-refractivity contribution >= 4 is 11.6 Å². The largest absolute Gasteiger partial charge is 0.493 e. The minimum Gasteiger partial charge on any atom is -0.493 e. The number of nitrogens with one attached hydrogen (secondary N) is 2. The molecule has 1 aromatic carbocycles. The van der Waals surface area contributed by atoms with Crippen molar-refractivity contribution in [1.82, 2.24) is 10.2 Å². The van der Waals surface area contributed by atoms with Gasteiger partial charge >= 0.3 is 0 Å². The lowest BCUT2D eigenvalue weighted by Gasteiger charge is -2.22. The van der Waals surface area contributed by atoms with Crippen molar-refractivity contribution in [3.8, 4) is 5.75 Å². The molecule has 1 fully saturated rings. The number of nitrogens with zero attached hydrogens (tertiary/aromatic N) is 1. The third-order valence-corrected chi connectivity index (χ3v) is 3.79. The van der Waals surface area contributed by atoms with Crippen LogP contribution in [0.15, 0.2) is 24.3 Å². The molecule has 5 nitrogen and oxygen atoms in total. The van der Waals surface area contributed by atoms with E-state index in [4.69, 9.17) is 4.74 Å². The van der Waals surface area contributed by atoms with Crippen LogP contribution in [-0.4, -0.2) is 51.1 Å². The van der Waals surface area contributed by atoms with Crippen LogP contribution in [0.5, 0.6) is 5.75 Å². The first kappa shape index (κ1) is 16.8. The Morgan fingerprint density at radius 2 is 2.32 bits per heavy atom. The Balaban J connectivity index is 1.81. The molecule has 1 aromatic rings. The van der Waals surface area contributed by atoms with Crippen LogP contribution in [-0.2, 0) is 4.79 Å². The second-order valence-electron chi connectivity index (χ2n) is 6.07. The molecule has 2 rings (SSSR count). The van der Waals surface area contributed by atoms with Crippen LogP contribution in [0.4, 0.5) is 5.69 Å². The maximum absolute atomic E-state index is 12.2. The fourth-order valence-corrected chi connectivity index (χ4v) is 2.55. The van der Waals surface area contributed by atoms with Gasteiger partial charge in [-0.25, -0.2) is 0 Å². The van der Waals surface area contributed by atoms with Crippen molar-refractivity contribution in [2.24, 2.45) is 5.92 Å². The molecule has 0 aliphatic carbocycles. The maximum Gasteiger partial charge on any atom is 0.228 e. The first-order valence-corrected chi connectivity index (χ1v) is 8.04. The SMILES string of the molecule is CN(C)CCCOc1cccc(NC(=O)C2CCCNC2)c1. The second-order valence-corrected chi connectivity index (χ2v) is 6.07. The summed E-state index contributed by atoms with van der Waals surface area (Å²) in [4.78, 5) is 14.4. The Bertz CT molecular complexity index is 471. The molecule has 1 amide bonds. The first-order valence-electron chi connectivity index (χ1n) is 8.04. The molecule has 1 saturated heterocycles. The molecule has 22 heavy (non-hydrogen) atoms. The number of hydrogen-bond donors (Lipinski definition) is 2. The summed E-state index contributed by atoms with van der Waals surface area (Å²) in [6.45, 7) is 3.47. The Morgan fingerprint density at radius 3 is 3.05 bits per heavy atom. The monoisotopic (exact) mass is 305 g/mol. The summed E-state index contributed by atoms with van der Waals surface area (Å²) in [6, 6.07) is 7.63. The average molecular weight is 305 g/mol. The van der Waals surface area contributed by atoms with Gasteiger partial charge < -0.3 is 20.3 Å². The van der Waals surface area contributed by atoms with Gasteiger partial charge in [0, 0.05) is 24.8 Å². The maximum atomic E-state index is 12.2. The number of piperidine rings is 1. The highest BCUT2D eigenvalue weighted by atomic mass is 16.5. The molecule has 1 aliphatic heterocycles. The lowest BCUT2D eigenvalue weighted by molar-refractivity contribution is -0.120. The van der Waals surface area contributed by atoms with Gasteiger partial charge in [0.15, 0.2) is 0 Å². The number of carbonyl (C=O) groups is 1. The van der Waals surface area contributed by atoms with Gasteiger partial charge in [-0.1, -0.05) is 6.07 Å². The topological polar surface area (TPSA) is 53.6 Å². The van der Waals surface area contributed by atoms with E-state index in [1.165, 1.54) is 0 Å². The highest BCUT2D eigenvalue weighted by Crippen LogP contribution is 2.19. The Kier molecular flexibility index (Phi) is 6.68. The summed E-state index contributed by atoms with van der Waals surface area (Å²) >= 11 is 0. The Hall–Kier alpha value is -1.59. The minimum absolute atomic E-state index is 0.0680. The van der Waals surface area contributed by atoms with Gasteiger partial charge in [-0.15, -0.1) is 0 Å². The quantitative estimate of drug-likeness (QED) is 0.756. The van der Waals surface area contributed by atoms with Crippen LogP contribution in [0.25, 0.3) is 0 Å². The van der Waals surface area contributed by atoms with Gasteiger partial charge in [0.1, 0.15) is 5.75 Å². The van der Waals surface area contributed by atoms with Crippen LogP contribution in [0.3, 0.4) is 0 Å². The molecule has 5 heteroatoms. The standard InChI is InChI=1S/C17H27N3O2/c1-20(2)10-5-11-22-16-8-3-7-15(12-16)19-17(21)14-6-4-9-18-13-14/h3,7-8,12,14,18H,4-6,9-11,13H2,1-2H3,(H,19,21). The number of ether oxygens (including phenoxy) is 1. The van der Waals surface area contributed by atoms with E-state index >= 15 is 0 Å². The molecule has 0 bridgehead atoms. The highest BCUT2D eigenvalue weighted by molar-refractivity contribution is 5.92. The molecule has 1 heterocycles. The van der Waals surface area contributed by atoms with E-state index in [-0.39, 0.29) is 11.8 Å². The summed E-state index contributed by atoms with van der Waals surface area (Å²) in [7, 11) is 4.10. The van der Waals surface area contributed by atoms with E-state index in [1.54, 1.807) is 0 Å². The Labute approximate surface area is 133 Å². The van der Waals surface area contributed by atoms with E-state index in [2.05, 4.69) is 29.6 Å². The second kappa shape index (κ2) is 8.76. The number of anilines is 1. The summed E-state index contributed by atoms with van der Waals surface area (Å²) in [6.07, 6.45) is 3.00. The molecule has 0 saturated carbocycles. The number of hydrogen-bond acceptors (Lipinski definition) is 4. The van der Waals surface area contributed by atoms with E-state index in [1.807, 2.05) is 24.3 Å². The van der Waals surface area contributed by atoms with Gasteiger partial charge in [-0.2, -0.15) is 0 Å². The zero-order chi connectivity index (χ0) is 15.8. The minimum atomic E-state index is 0.0680. The predicted octanol–water partition coefficient (Wildman–Crippen LogP) is 1.96. The summed E-state index contributed by atoms with van der Waals surface area (Å²) in [5.41, 5.74) is 0.806. The van der Waals surface area contributed by atoms with Crippen molar-refractivity contribution in [1.29, 1.82) is 0 Å². The zero-order valence-electron chi connectivity index (χ0n) is 13.6. The molecule has 1 atom stereocenters. The van der Waals surface area contributed by atoms with Crippen LogP contribution >= 0.6 is 0 Å². The number of amides is 1. The molecule has 2 N–H and O–H groups in total. The van der Waals surface area contributed by atoms with Crippen LogP contribution in [0.1, 0.15) is 19.3 Å².